The number of β-amino-alcohol motifs (C(OH)–C–C–N with tert-alkyl or cyclic N) is 1. The van der Waals surface area contributed by atoms with E-state index in [0.29, 0.717) is 5.92 Å². The van der Waals surface area contributed by atoms with E-state index in [1.165, 1.54) is 12.8 Å². The first kappa shape index (κ1) is 13.0. The maximum Gasteiger partial charge on any atom is 0.229 e. The molecule has 1 aliphatic heterocycles. The van der Waals surface area contributed by atoms with Crippen molar-refractivity contribution in [2.24, 2.45) is 0 Å². The molecule has 3 rings (SSSR count). The molecule has 2 aliphatic rings. The number of hydrogen-bond donors (Lipinski definition) is 1. The SMILES string of the molecule is C[C@@H](O)CN1CCN(Cc2noc(C3CC3)n2)CC1. The molecule has 6 nitrogen and oxygen atoms in total. The lowest BCUT2D eigenvalue weighted by atomic mass is 10.2. The zero-order valence-electron chi connectivity index (χ0n) is 11.5. The van der Waals surface area contributed by atoms with Crippen LogP contribution in [0.1, 0.15) is 37.4 Å². The summed E-state index contributed by atoms with van der Waals surface area (Å²) in [6.45, 7) is 7.38. The van der Waals surface area contributed by atoms with Crippen LogP contribution in [0.4, 0.5) is 0 Å². The Bertz CT molecular complexity index is 409. The number of aliphatic hydroxyl groups excluding tert-OH is 1. The van der Waals surface area contributed by atoms with Gasteiger partial charge >= 0.3 is 0 Å². The predicted octanol–water partition coefficient (Wildman–Crippen LogP) is 0.445. The number of aromatic nitrogens is 2. The molecule has 0 amide bonds. The normalized spacial score (nSPS) is 23.7. The Labute approximate surface area is 113 Å². The van der Waals surface area contributed by atoms with Gasteiger partial charge in [-0.1, -0.05) is 5.16 Å². The summed E-state index contributed by atoms with van der Waals surface area (Å²) in [5.41, 5.74) is 0. The highest BCUT2D eigenvalue weighted by molar-refractivity contribution is 5.01. The molecule has 1 aromatic rings. The fraction of sp³-hybridized carbons (Fsp3) is 0.846. The van der Waals surface area contributed by atoms with E-state index in [1.807, 2.05) is 6.92 Å². The van der Waals surface area contributed by atoms with Crippen molar-refractivity contribution in [1.29, 1.82) is 0 Å². The van der Waals surface area contributed by atoms with Crippen molar-refractivity contribution in [1.82, 2.24) is 19.9 Å². The highest BCUT2D eigenvalue weighted by Gasteiger charge is 2.30. The van der Waals surface area contributed by atoms with Gasteiger partial charge in [-0.15, -0.1) is 0 Å². The highest BCUT2D eigenvalue weighted by atomic mass is 16.5. The Hall–Kier alpha value is -0.980. The largest absolute Gasteiger partial charge is 0.392 e. The molecule has 0 spiro atoms. The third kappa shape index (κ3) is 3.52. The molecule has 0 aromatic carbocycles. The van der Waals surface area contributed by atoms with Crippen molar-refractivity contribution >= 4 is 0 Å². The zero-order valence-corrected chi connectivity index (χ0v) is 11.5. The minimum absolute atomic E-state index is 0.246. The number of hydrogen-bond acceptors (Lipinski definition) is 6. The lowest BCUT2D eigenvalue weighted by Crippen LogP contribution is -2.47. The molecular formula is C13H22N4O2. The Morgan fingerprint density at radius 3 is 2.58 bits per heavy atom. The average Bonchev–Trinajstić information content (AvgIpc) is 3.12. The maximum absolute atomic E-state index is 9.38. The van der Waals surface area contributed by atoms with E-state index in [0.717, 1.165) is 51.0 Å². The summed E-state index contributed by atoms with van der Waals surface area (Å²) in [6, 6.07) is 0. The first-order valence-corrected chi connectivity index (χ1v) is 7.16. The molecule has 106 valence electrons. The molecule has 1 aliphatic carbocycles. The molecule has 0 unspecified atom stereocenters. The van der Waals surface area contributed by atoms with Crippen molar-refractivity contribution in [3.8, 4) is 0 Å². The summed E-state index contributed by atoms with van der Waals surface area (Å²) in [4.78, 5) is 9.11. The topological polar surface area (TPSA) is 65.6 Å². The van der Waals surface area contributed by atoms with Crippen molar-refractivity contribution in [2.45, 2.75) is 38.3 Å². The summed E-state index contributed by atoms with van der Waals surface area (Å²) < 4.78 is 5.27. The Balaban J connectivity index is 1.46. The Morgan fingerprint density at radius 1 is 1.26 bits per heavy atom. The van der Waals surface area contributed by atoms with Crippen LogP contribution < -0.4 is 0 Å². The third-order valence-electron chi connectivity index (χ3n) is 3.76. The van der Waals surface area contributed by atoms with Gasteiger partial charge in [0, 0.05) is 38.6 Å². The second kappa shape index (κ2) is 5.56. The van der Waals surface area contributed by atoms with Crippen LogP contribution in [0.3, 0.4) is 0 Å². The molecule has 0 radical (unpaired) electrons. The van der Waals surface area contributed by atoms with Gasteiger partial charge in [-0.25, -0.2) is 0 Å². The molecule has 19 heavy (non-hydrogen) atoms. The maximum atomic E-state index is 9.38. The predicted molar refractivity (Wildman–Crippen MR) is 69.7 cm³/mol. The Morgan fingerprint density at radius 2 is 1.95 bits per heavy atom. The summed E-state index contributed by atoms with van der Waals surface area (Å²) in [5, 5.41) is 13.4. The van der Waals surface area contributed by atoms with Crippen LogP contribution in [0, 0.1) is 0 Å². The van der Waals surface area contributed by atoms with Crippen molar-refractivity contribution in [3.63, 3.8) is 0 Å². The second-order valence-corrected chi connectivity index (χ2v) is 5.75. The van der Waals surface area contributed by atoms with Crippen LogP contribution in [-0.4, -0.2) is 63.9 Å². The van der Waals surface area contributed by atoms with Gasteiger partial charge in [0.1, 0.15) is 0 Å². The van der Waals surface area contributed by atoms with Crippen LogP contribution in [-0.2, 0) is 6.54 Å². The first-order valence-electron chi connectivity index (χ1n) is 7.16. The molecule has 2 fully saturated rings. The van der Waals surface area contributed by atoms with Crippen LogP contribution in [0.15, 0.2) is 4.52 Å². The lowest BCUT2D eigenvalue weighted by Gasteiger charge is -2.34. The van der Waals surface area contributed by atoms with Crippen LogP contribution >= 0.6 is 0 Å². The zero-order chi connectivity index (χ0) is 13.2. The molecule has 0 bridgehead atoms. The number of rotatable bonds is 5. The van der Waals surface area contributed by atoms with E-state index in [-0.39, 0.29) is 6.10 Å². The molecule has 6 heteroatoms. The van der Waals surface area contributed by atoms with E-state index in [2.05, 4.69) is 19.9 Å². The fourth-order valence-corrected chi connectivity index (χ4v) is 2.53. The molecular weight excluding hydrogens is 244 g/mol. The van der Waals surface area contributed by atoms with Crippen molar-refractivity contribution < 1.29 is 9.63 Å². The summed E-state index contributed by atoms with van der Waals surface area (Å²) >= 11 is 0. The number of nitrogens with zero attached hydrogens (tertiary/aromatic N) is 4. The molecule has 1 atom stereocenters. The van der Waals surface area contributed by atoms with Gasteiger partial charge < -0.3 is 9.63 Å². The smallest absolute Gasteiger partial charge is 0.229 e. The minimum atomic E-state index is -0.246. The standard InChI is InChI=1S/C13H22N4O2/c1-10(18)8-16-4-6-17(7-5-16)9-12-14-13(19-15-12)11-2-3-11/h10-11,18H,2-9H2,1H3/t10-/m1/s1. The lowest BCUT2D eigenvalue weighted by molar-refractivity contribution is 0.0768. The monoisotopic (exact) mass is 266 g/mol. The van der Waals surface area contributed by atoms with E-state index in [9.17, 15) is 5.11 Å². The average molecular weight is 266 g/mol. The summed E-state index contributed by atoms with van der Waals surface area (Å²) in [5.74, 6) is 2.16. The second-order valence-electron chi connectivity index (χ2n) is 5.75. The van der Waals surface area contributed by atoms with E-state index >= 15 is 0 Å². The van der Waals surface area contributed by atoms with Gasteiger partial charge in [0.25, 0.3) is 0 Å². The van der Waals surface area contributed by atoms with Gasteiger partial charge in [-0.2, -0.15) is 4.98 Å². The van der Waals surface area contributed by atoms with Crippen molar-refractivity contribution in [3.05, 3.63) is 11.7 Å². The van der Waals surface area contributed by atoms with E-state index in [1.54, 1.807) is 0 Å². The quantitative estimate of drug-likeness (QED) is 0.834. The van der Waals surface area contributed by atoms with Gasteiger partial charge in [0.15, 0.2) is 5.82 Å². The van der Waals surface area contributed by atoms with Gasteiger partial charge in [-0.3, -0.25) is 9.80 Å². The van der Waals surface area contributed by atoms with Gasteiger partial charge in [0.05, 0.1) is 12.6 Å². The fourth-order valence-electron chi connectivity index (χ4n) is 2.53. The Kier molecular flexibility index (Phi) is 3.81. The minimum Gasteiger partial charge on any atom is -0.392 e. The molecule has 1 saturated carbocycles. The summed E-state index contributed by atoms with van der Waals surface area (Å²) in [6.07, 6.45) is 2.14. The third-order valence-corrected chi connectivity index (χ3v) is 3.76. The number of aliphatic hydroxyl groups is 1. The van der Waals surface area contributed by atoms with Gasteiger partial charge in [-0.05, 0) is 19.8 Å². The van der Waals surface area contributed by atoms with Crippen LogP contribution in [0.25, 0.3) is 0 Å². The molecule has 1 N–H and O–H groups in total. The first-order chi connectivity index (χ1) is 9.20. The van der Waals surface area contributed by atoms with Crippen LogP contribution in [0.2, 0.25) is 0 Å². The number of piperazine rings is 1. The van der Waals surface area contributed by atoms with Crippen LogP contribution in [0.5, 0.6) is 0 Å². The van der Waals surface area contributed by atoms with Crippen molar-refractivity contribution in [2.75, 3.05) is 32.7 Å². The molecule has 1 saturated heterocycles. The summed E-state index contributed by atoms with van der Waals surface area (Å²) in [7, 11) is 0. The highest BCUT2D eigenvalue weighted by Crippen LogP contribution is 2.38. The molecule has 1 aromatic heterocycles. The van der Waals surface area contributed by atoms with Gasteiger partial charge in [0.2, 0.25) is 5.89 Å². The van der Waals surface area contributed by atoms with E-state index in [4.69, 9.17) is 4.52 Å². The molecule has 2 heterocycles. The van der Waals surface area contributed by atoms with E-state index < -0.39 is 0 Å².